The molecule has 0 spiro atoms. The quantitative estimate of drug-likeness (QED) is 0.580. The van der Waals surface area contributed by atoms with Crippen LogP contribution in [0.2, 0.25) is 0 Å². The highest BCUT2D eigenvalue weighted by Crippen LogP contribution is 2.41. The molecule has 10 heteroatoms. The molecule has 0 aromatic carbocycles. The van der Waals surface area contributed by atoms with Crippen LogP contribution < -0.4 is 5.73 Å². The second-order valence-electron chi connectivity index (χ2n) is 11.6. The van der Waals surface area contributed by atoms with E-state index in [0.717, 1.165) is 31.5 Å². The van der Waals surface area contributed by atoms with Gasteiger partial charge in [-0.15, -0.1) is 0 Å². The summed E-state index contributed by atoms with van der Waals surface area (Å²) in [6.07, 6.45) is 3.90. The summed E-state index contributed by atoms with van der Waals surface area (Å²) in [7, 11) is 0. The molecule has 204 valence electrons. The standard InChI is InChI=1S/C27H37F3N4O3/c1-25(2,3)37-24(36)33-11-6-18(7-12-33)4-9-26(10-5-21(31)15-26)23(35)34-13-8-22-19(17-34)14-20(16-32-22)27(28,29)30/h5,10,14,16,18,21H,4,6-9,11-13,15,17,31H2,1-3H3. The van der Waals surface area contributed by atoms with Crippen molar-refractivity contribution in [2.24, 2.45) is 17.1 Å². The molecule has 0 radical (unpaired) electrons. The fraction of sp³-hybridized carbons (Fsp3) is 0.667. The van der Waals surface area contributed by atoms with Gasteiger partial charge in [0.25, 0.3) is 0 Å². The number of nitrogens with zero attached hydrogens (tertiary/aromatic N) is 3. The molecule has 37 heavy (non-hydrogen) atoms. The van der Waals surface area contributed by atoms with Crippen LogP contribution in [0.25, 0.3) is 0 Å². The van der Waals surface area contributed by atoms with Gasteiger partial charge in [0, 0.05) is 50.5 Å². The van der Waals surface area contributed by atoms with E-state index in [1.165, 1.54) is 0 Å². The molecule has 1 aromatic rings. The number of hydrogen-bond acceptors (Lipinski definition) is 5. The van der Waals surface area contributed by atoms with Crippen LogP contribution in [0.15, 0.2) is 24.4 Å². The summed E-state index contributed by atoms with van der Waals surface area (Å²) in [6.45, 7) is 7.32. The van der Waals surface area contributed by atoms with E-state index >= 15 is 0 Å². The van der Waals surface area contributed by atoms with Crippen LogP contribution in [0, 0.1) is 11.3 Å². The van der Waals surface area contributed by atoms with Gasteiger partial charge in [-0.3, -0.25) is 9.78 Å². The van der Waals surface area contributed by atoms with Crippen LogP contribution in [0.3, 0.4) is 0 Å². The highest BCUT2D eigenvalue weighted by Gasteiger charge is 2.44. The largest absolute Gasteiger partial charge is 0.444 e. The van der Waals surface area contributed by atoms with E-state index in [2.05, 4.69) is 4.98 Å². The minimum absolute atomic E-state index is 0.0778. The van der Waals surface area contributed by atoms with Gasteiger partial charge < -0.3 is 20.3 Å². The van der Waals surface area contributed by atoms with Gasteiger partial charge in [0.1, 0.15) is 5.60 Å². The van der Waals surface area contributed by atoms with Gasteiger partial charge in [0.15, 0.2) is 0 Å². The summed E-state index contributed by atoms with van der Waals surface area (Å²) in [5.74, 6) is 0.292. The molecule has 2 amide bonds. The number of piperidine rings is 1. The molecule has 3 heterocycles. The Morgan fingerprint density at radius 2 is 1.86 bits per heavy atom. The molecule has 0 saturated carbocycles. The Morgan fingerprint density at radius 3 is 2.46 bits per heavy atom. The number of halogens is 3. The normalized spacial score (nSPS) is 24.8. The SMILES string of the molecule is CC(C)(C)OC(=O)N1CCC(CCC2(C(=O)N3CCc4ncc(C(F)(F)F)cc4C3)C=CC(N)C2)CC1. The first kappa shape index (κ1) is 27.4. The number of aromatic nitrogens is 1. The lowest BCUT2D eigenvalue weighted by Crippen LogP contribution is -2.46. The Bertz CT molecular complexity index is 1040. The second kappa shape index (κ2) is 10.3. The molecule has 1 aliphatic carbocycles. The number of fused-ring (bicyclic) bond motifs is 1. The first-order chi connectivity index (χ1) is 17.3. The summed E-state index contributed by atoms with van der Waals surface area (Å²) in [5, 5.41) is 0. The van der Waals surface area contributed by atoms with Crippen LogP contribution >= 0.6 is 0 Å². The summed E-state index contributed by atoms with van der Waals surface area (Å²) < 4.78 is 45.1. The molecule has 2 atom stereocenters. The molecule has 4 rings (SSSR count). The molecule has 2 unspecified atom stereocenters. The number of ether oxygens (including phenoxy) is 1. The summed E-state index contributed by atoms with van der Waals surface area (Å²) >= 11 is 0. The number of hydrogen-bond donors (Lipinski definition) is 1. The maximum atomic E-state index is 13.8. The summed E-state index contributed by atoms with van der Waals surface area (Å²) in [6, 6.07) is 0.886. The maximum Gasteiger partial charge on any atom is 0.417 e. The van der Waals surface area contributed by atoms with Crippen molar-refractivity contribution < 1.29 is 27.5 Å². The molecule has 1 saturated heterocycles. The molecule has 1 fully saturated rings. The highest BCUT2D eigenvalue weighted by molar-refractivity contribution is 5.85. The van der Waals surface area contributed by atoms with Gasteiger partial charge in [-0.25, -0.2) is 4.79 Å². The summed E-state index contributed by atoms with van der Waals surface area (Å²) in [4.78, 5) is 33.6. The highest BCUT2D eigenvalue weighted by atomic mass is 19.4. The lowest BCUT2D eigenvalue weighted by atomic mass is 9.77. The van der Waals surface area contributed by atoms with E-state index in [1.807, 2.05) is 32.9 Å². The lowest BCUT2D eigenvalue weighted by Gasteiger charge is -2.38. The van der Waals surface area contributed by atoms with Crippen molar-refractivity contribution in [2.45, 2.75) is 83.7 Å². The predicted octanol–water partition coefficient (Wildman–Crippen LogP) is 4.69. The van der Waals surface area contributed by atoms with Gasteiger partial charge in [0.05, 0.1) is 11.0 Å². The van der Waals surface area contributed by atoms with Crippen LogP contribution in [-0.4, -0.2) is 58.1 Å². The van der Waals surface area contributed by atoms with Gasteiger partial charge in [-0.2, -0.15) is 13.2 Å². The van der Waals surface area contributed by atoms with Crippen LogP contribution in [0.5, 0.6) is 0 Å². The summed E-state index contributed by atoms with van der Waals surface area (Å²) in [5.41, 5.74) is 5.16. The first-order valence-corrected chi connectivity index (χ1v) is 13.0. The minimum Gasteiger partial charge on any atom is -0.444 e. The smallest absolute Gasteiger partial charge is 0.417 e. The third-order valence-corrected chi connectivity index (χ3v) is 7.61. The molecule has 1 aromatic heterocycles. The van der Waals surface area contributed by atoms with Crippen LogP contribution in [-0.2, 0) is 28.7 Å². The zero-order valence-electron chi connectivity index (χ0n) is 21.8. The van der Waals surface area contributed by atoms with Crippen LogP contribution in [0.1, 0.15) is 69.7 Å². The molecule has 7 nitrogen and oxygen atoms in total. The first-order valence-electron chi connectivity index (χ1n) is 13.0. The Kier molecular flexibility index (Phi) is 7.61. The van der Waals surface area contributed by atoms with Crippen molar-refractivity contribution >= 4 is 12.0 Å². The van der Waals surface area contributed by atoms with Gasteiger partial charge in [-0.1, -0.05) is 12.2 Å². The van der Waals surface area contributed by atoms with E-state index in [-0.39, 0.29) is 24.6 Å². The van der Waals surface area contributed by atoms with Gasteiger partial charge in [0.2, 0.25) is 5.91 Å². The number of carbonyl (C=O) groups is 2. The number of carbonyl (C=O) groups excluding carboxylic acids is 2. The van der Waals surface area contributed by atoms with E-state index in [0.29, 0.717) is 56.1 Å². The average molecular weight is 523 g/mol. The lowest BCUT2D eigenvalue weighted by molar-refractivity contribution is -0.141. The molecule has 3 aliphatic rings. The minimum atomic E-state index is -4.48. The van der Waals surface area contributed by atoms with Crippen molar-refractivity contribution in [1.82, 2.24) is 14.8 Å². The number of alkyl halides is 3. The van der Waals surface area contributed by atoms with Crippen molar-refractivity contribution in [3.8, 4) is 0 Å². The zero-order valence-corrected chi connectivity index (χ0v) is 21.8. The molecule has 2 aliphatic heterocycles. The van der Waals surface area contributed by atoms with Gasteiger partial charge in [-0.05, 0) is 70.4 Å². The van der Waals surface area contributed by atoms with Crippen molar-refractivity contribution in [1.29, 1.82) is 0 Å². The molecular formula is C27H37F3N4O3. The topological polar surface area (TPSA) is 88.8 Å². The van der Waals surface area contributed by atoms with Crippen molar-refractivity contribution in [2.75, 3.05) is 19.6 Å². The Morgan fingerprint density at radius 1 is 1.16 bits per heavy atom. The Labute approximate surface area is 216 Å². The fourth-order valence-electron chi connectivity index (χ4n) is 5.58. The number of rotatable bonds is 4. The third kappa shape index (κ3) is 6.45. The number of likely N-dealkylation sites (tertiary alicyclic amines) is 1. The second-order valence-corrected chi connectivity index (χ2v) is 11.6. The van der Waals surface area contributed by atoms with Crippen molar-refractivity contribution in [3.63, 3.8) is 0 Å². The third-order valence-electron chi connectivity index (χ3n) is 7.61. The maximum absolute atomic E-state index is 13.8. The zero-order chi connectivity index (χ0) is 27.0. The molecule has 2 N–H and O–H groups in total. The van der Waals surface area contributed by atoms with E-state index < -0.39 is 22.8 Å². The van der Waals surface area contributed by atoms with E-state index in [1.54, 1.807) is 9.80 Å². The Hall–Kier alpha value is -2.62. The van der Waals surface area contributed by atoms with Crippen LogP contribution in [0.4, 0.5) is 18.0 Å². The van der Waals surface area contributed by atoms with Crippen molar-refractivity contribution in [3.05, 3.63) is 41.2 Å². The van der Waals surface area contributed by atoms with E-state index in [4.69, 9.17) is 10.5 Å². The predicted molar refractivity (Wildman–Crippen MR) is 132 cm³/mol. The number of amides is 2. The fourth-order valence-corrected chi connectivity index (χ4v) is 5.58. The van der Waals surface area contributed by atoms with E-state index in [9.17, 15) is 22.8 Å². The Balaban J connectivity index is 1.39. The molecule has 0 bridgehead atoms. The van der Waals surface area contributed by atoms with Gasteiger partial charge >= 0.3 is 12.3 Å². The average Bonchev–Trinajstić information content (AvgIpc) is 3.22. The monoisotopic (exact) mass is 522 g/mol. The number of pyridine rings is 1. The number of nitrogens with two attached hydrogens (primary N) is 1. The molecular weight excluding hydrogens is 485 g/mol.